The highest BCUT2D eigenvalue weighted by Gasteiger charge is 2.23. The molecule has 11 heteroatoms. The van der Waals surface area contributed by atoms with Crippen LogP contribution in [0.3, 0.4) is 0 Å². The molecular weight excluding hydrogens is 542 g/mol. The van der Waals surface area contributed by atoms with E-state index in [9.17, 15) is 18.7 Å². The number of hydrogen-bond acceptors (Lipinski definition) is 7. The van der Waals surface area contributed by atoms with Crippen LogP contribution in [-0.4, -0.2) is 41.0 Å². The van der Waals surface area contributed by atoms with Gasteiger partial charge in [0.15, 0.2) is 0 Å². The van der Waals surface area contributed by atoms with Crippen molar-refractivity contribution < 1.29 is 23.4 Å². The highest BCUT2D eigenvalue weighted by Crippen LogP contribution is 2.35. The molecule has 5 rings (SSSR count). The maximum Gasteiger partial charge on any atom is 0.305 e. The highest BCUT2D eigenvalue weighted by molar-refractivity contribution is 7.81. The number of imidazole rings is 1. The minimum absolute atomic E-state index is 0.198. The molecule has 208 valence electrons. The summed E-state index contributed by atoms with van der Waals surface area (Å²) in [5.41, 5.74) is 3.62. The summed E-state index contributed by atoms with van der Waals surface area (Å²) in [6.45, 7) is 2.43. The van der Waals surface area contributed by atoms with E-state index in [4.69, 9.17) is 15.0 Å². The zero-order valence-electron chi connectivity index (χ0n) is 22.2. The predicted octanol–water partition coefficient (Wildman–Crippen LogP) is 5.16. The van der Waals surface area contributed by atoms with Crippen LogP contribution in [0.5, 0.6) is 0 Å². The molecule has 2 unspecified atom stereocenters. The molecular formula is C30H27N5O5S. The lowest BCUT2D eigenvalue weighted by Crippen LogP contribution is -2.19. The lowest BCUT2D eigenvalue weighted by molar-refractivity contribution is -0.143. The molecule has 2 heterocycles. The van der Waals surface area contributed by atoms with Gasteiger partial charge in [0, 0.05) is 24.5 Å². The maximum atomic E-state index is 12.6. The van der Waals surface area contributed by atoms with Gasteiger partial charge in [-0.1, -0.05) is 30.3 Å². The Kier molecular flexibility index (Phi) is 8.35. The first-order chi connectivity index (χ1) is 19.9. The second-order valence-electron chi connectivity index (χ2n) is 9.22. The van der Waals surface area contributed by atoms with E-state index in [1.54, 1.807) is 73.8 Å². The monoisotopic (exact) mass is 569 g/mol. The van der Waals surface area contributed by atoms with Crippen molar-refractivity contribution in [3.63, 3.8) is 0 Å². The number of carbonyl (C=O) groups excluding carboxylic acids is 1. The Morgan fingerprint density at radius 3 is 2.66 bits per heavy atom. The first-order valence-electron chi connectivity index (χ1n) is 13.0. The normalized spacial score (nSPS) is 12.6. The average molecular weight is 570 g/mol. The Labute approximate surface area is 238 Å². The number of anilines is 2. The number of carbonyl (C=O) groups is 1. The molecule has 0 aliphatic rings. The fraction of sp³-hybridized carbons (Fsp3) is 0.200. The second kappa shape index (κ2) is 12.3. The van der Waals surface area contributed by atoms with E-state index in [1.807, 2.05) is 16.7 Å². The van der Waals surface area contributed by atoms with Gasteiger partial charge in [0.2, 0.25) is 0 Å². The largest absolute Gasteiger partial charge is 0.466 e. The lowest BCUT2D eigenvalue weighted by Gasteiger charge is -2.21. The van der Waals surface area contributed by atoms with Crippen molar-refractivity contribution in [2.45, 2.75) is 32.4 Å². The summed E-state index contributed by atoms with van der Waals surface area (Å²) in [6.07, 6.45) is 1.16. The van der Waals surface area contributed by atoms with Gasteiger partial charge in [-0.05, 0) is 61.4 Å². The van der Waals surface area contributed by atoms with Crippen LogP contribution in [-0.2, 0) is 27.3 Å². The van der Waals surface area contributed by atoms with Crippen LogP contribution in [0, 0.1) is 11.3 Å². The molecule has 0 aliphatic carbocycles. The minimum atomic E-state index is -2.43. The number of fused-ring (bicyclic) bond motifs is 2. The molecule has 0 aliphatic heterocycles. The summed E-state index contributed by atoms with van der Waals surface area (Å²) in [6, 6.07) is 22.9. The van der Waals surface area contributed by atoms with Gasteiger partial charge in [0.25, 0.3) is 11.3 Å². The molecule has 5 aromatic rings. The number of aliphatic hydroxyl groups excluding tert-OH is 1. The fourth-order valence-electron chi connectivity index (χ4n) is 4.78. The molecule has 0 bridgehead atoms. The molecule has 0 fully saturated rings. The van der Waals surface area contributed by atoms with Crippen molar-refractivity contribution in [3.05, 3.63) is 95.9 Å². The first kappa shape index (κ1) is 27.9. The minimum Gasteiger partial charge on any atom is -0.466 e. The second-order valence-corrected chi connectivity index (χ2v) is 10.0. The number of aliphatic hydroxyl groups is 1. The zero-order chi connectivity index (χ0) is 28.9. The Morgan fingerprint density at radius 2 is 1.93 bits per heavy atom. The number of nitriles is 1. The van der Waals surface area contributed by atoms with Gasteiger partial charge in [0.1, 0.15) is 11.9 Å². The van der Waals surface area contributed by atoms with E-state index in [0.717, 1.165) is 5.39 Å². The van der Waals surface area contributed by atoms with Gasteiger partial charge in [-0.2, -0.15) is 5.26 Å². The van der Waals surface area contributed by atoms with Crippen LogP contribution in [0.1, 0.15) is 42.8 Å². The van der Waals surface area contributed by atoms with Gasteiger partial charge in [-0.3, -0.25) is 14.3 Å². The number of para-hydroxylation sites is 1. The molecule has 41 heavy (non-hydrogen) atoms. The number of aryl methyl sites for hydroxylation is 1. The van der Waals surface area contributed by atoms with Crippen molar-refractivity contribution in [2.75, 3.05) is 10.9 Å². The van der Waals surface area contributed by atoms with E-state index in [0.29, 0.717) is 64.4 Å². The van der Waals surface area contributed by atoms with Crippen LogP contribution < -0.4 is 4.31 Å². The first-order valence-corrected chi connectivity index (χ1v) is 14.1. The van der Waals surface area contributed by atoms with Crippen LogP contribution >= 0.6 is 0 Å². The number of rotatable bonds is 10. The van der Waals surface area contributed by atoms with Crippen molar-refractivity contribution in [1.82, 2.24) is 14.5 Å². The molecule has 0 radical (unpaired) electrons. The maximum absolute atomic E-state index is 12.6. The number of benzene rings is 3. The Balaban J connectivity index is 1.58. The van der Waals surface area contributed by atoms with Crippen LogP contribution in [0.15, 0.2) is 79.0 Å². The van der Waals surface area contributed by atoms with Gasteiger partial charge < -0.3 is 14.4 Å². The molecule has 10 nitrogen and oxygen atoms in total. The van der Waals surface area contributed by atoms with Gasteiger partial charge in [-0.15, -0.1) is 0 Å². The van der Waals surface area contributed by atoms with Gasteiger partial charge in [0.05, 0.1) is 46.2 Å². The standard InChI is InChI=1S/C30H27N5O5S/c1-2-40-27(36)9-5-17-34-25-15-14-23(35(41(38)39)26-8-3-6-21-7-4-16-32-28(21)26)18-24(25)33-30(34)29(37)22-12-10-20(19-31)11-13-22/h3-4,6-8,10-16,18,29,37H,2,5,9,17H2,1H3,(H,38,39). The lowest BCUT2D eigenvalue weighted by atomic mass is 10.1. The Morgan fingerprint density at radius 1 is 1.15 bits per heavy atom. The SMILES string of the molecule is CCOC(=O)CCCn1c(C(O)c2ccc(C#N)cc2)nc2cc(N(c3cccc4cccnc34)S(=O)O)ccc21. The van der Waals surface area contributed by atoms with Crippen molar-refractivity contribution >= 4 is 50.5 Å². The van der Waals surface area contributed by atoms with E-state index in [-0.39, 0.29) is 12.4 Å². The third-order valence-corrected chi connectivity index (χ3v) is 7.37. The number of aromatic nitrogens is 3. The molecule has 2 atom stereocenters. The third kappa shape index (κ3) is 5.81. The molecule has 0 amide bonds. The quantitative estimate of drug-likeness (QED) is 0.174. The summed E-state index contributed by atoms with van der Waals surface area (Å²) in [5, 5.41) is 21.3. The summed E-state index contributed by atoms with van der Waals surface area (Å²) in [5.74, 6) is 0.0346. The topological polar surface area (TPSA) is 142 Å². The van der Waals surface area contributed by atoms with E-state index in [2.05, 4.69) is 11.1 Å². The number of hydrogen-bond donors (Lipinski definition) is 2. The average Bonchev–Trinajstić information content (AvgIpc) is 3.35. The van der Waals surface area contributed by atoms with E-state index < -0.39 is 17.4 Å². The summed E-state index contributed by atoms with van der Waals surface area (Å²) in [7, 11) is 0. The third-order valence-electron chi connectivity index (χ3n) is 6.65. The van der Waals surface area contributed by atoms with Crippen LogP contribution in [0.25, 0.3) is 21.9 Å². The van der Waals surface area contributed by atoms with E-state index >= 15 is 0 Å². The van der Waals surface area contributed by atoms with Gasteiger partial charge in [-0.25, -0.2) is 13.5 Å². The number of ether oxygens (including phenoxy) is 1. The van der Waals surface area contributed by atoms with E-state index in [1.165, 1.54) is 4.31 Å². The Hall–Kier alpha value is -4.63. The molecule has 2 aromatic heterocycles. The fourth-order valence-corrected chi connectivity index (χ4v) is 5.39. The van der Waals surface area contributed by atoms with Crippen molar-refractivity contribution in [2.24, 2.45) is 0 Å². The molecule has 2 N–H and O–H groups in total. The predicted molar refractivity (Wildman–Crippen MR) is 155 cm³/mol. The zero-order valence-corrected chi connectivity index (χ0v) is 23.0. The summed E-state index contributed by atoms with van der Waals surface area (Å²) < 4.78 is 31.1. The van der Waals surface area contributed by atoms with Crippen molar-refractivity contribution in [1.29, 1.82) is 5.26 Å². The Bertz CT molecular complexity index is 1780. The molecule has 0 spiro atoms. The summed E-state index contributed by atoms with van der Waals surface area (Å²) >= 11 is -2.43. The molecule has 3 aromatic carbocycles. The molecule has 0 saturated carbocycles. The number of nitrogens with zero attached hydrogens (tertiary/aromatic N) is 5. The smallest absolute Gasteiger partial charge is 0.305 e. The number of pyridine rings is 1. The molecule has 0 saturated heterocycles. The van der Waals surface area contributed by atoms with Gasteiger partial charge >= 0.3 is 5.97 Å². The van der Waals surface area contributed by atoms with Crippen LogP contribution in [0.2, 0.25) is 0 Å². The summed E-state index contributed by atoms with van der Waals surface area (Å²) in [4.78, 5) is 21.1. The van der Waals surface area contributed by atoms with Crippen LogP contribution in [0.4, 0.5) is 11.4 Å². The van der Waals surface area contributed by atoms with Crippen molar-refractivity contribution in [3.8, 4) is 6.07 Å². The number of esters is 1. The highest BCUT2D eigenvalue weighted by atomic mass is 32.2.